The summed E-state index contributed by atoms with van der Waals surface area (Å²) in [5, 5.41) is 9.66. The van der Waals surface area contributed by atoms with Gasteiger partial charge in [0, 0.05) is 12.7 Å². The molecule has 0 saturated carbocycles. The lowest BCUT2D eigenvalue weighted by Crippen LogP contribution is -2.30. The molecule has 22 heavy (non-hydrogen) atoms. The summed E-state index contributed by atoms with van der Waals surface area (Å²) in [6, 6.07) is 0. The normalized spacial score (nSPS) is 12.5. The Balaban J connectivity index is 3.58. The van der Waals surface area contributed by atoms with Gasteiger partial charge < -0.3 is 19.3 Å². The Kier molecular flexibility index (Phi) is 10.5. The van der Waals surface area contributed by atoms with E-state index < -0.39 is 17.5 Å². The monoisotopic (exact) mass is 316 g/mol. The van der Waals surface area contributed by atoms with Gasteiger partial charge in [-0.05, 0) is 33.1 Å². The van der Waals surface area contributed by atoms with Crippen LogP contribution in [0.1, 0.15) is 40.0 Å². The fourth-order valence-corrected chi connectivity index (χ4v) is 1.32. The average Bonchev–Trinajstić information content (AvgIpc) is 2.50. The number of carbonyl (C=O) groups is 2. The third-order valence-electron chi connectivity index (χ3n) is 3.25. The largest absolute Gasteiger partial charge is 0.463 e. The van der Waals surface area contributed by atoms with Crippen molar-refractivity contribution in [3.05, 3.63) is 12.7 Å². The van der Waals surface area contributed by atoms with E-state index in [-0.39, 0.29) is 19.2 Å². The molecule has 0 aliphatic rings. The summed E-state index contributed by atoms with van der Waals surface area (Å²) in [6.45, 7) is 9.61. The molecule has 0 aliphatic carbocycles. The minimum absolute atomic E-state index is 0.0702. The number of hydrogen-bond donors (Lipinski definition) is 1. The second-order valence-corrected chi connectivity index (χ2v) is 5.64. The van der Waals surface area contributed by atoms with E-state index in [2.05, 4.69) is 6.58 Å². The Morgan fingerprint density at radius 1 is 1.18 bits per heavy atom. The van der Waals surface area contributed by atoms with Crippen molar-refractivity contribution in [1.82, 2.24) is 0 Å². The molecule has 0 aromatic heterocycles. The molecule has 1 atom stereocenters. The fourth-order valence-electron chi connectivity index (χ4n) is 1.32. The third kappa shape index (κ3) is 9.52. The third-order valence-corrected chi connectivity index (χ3v) is 3.25. The summed E-state index contributed by atoms with van der Waals surface area (Å²) in [5.74, 6) is -0.758. The number of aliphatic hydroxyl groups excluding tert-OH is 1. The molecule has 0 heterocycles. The van der Waals surface area contributed by atoms with Crippen LogP contribution in [0.2, 0.25) is 0 Å². The summed E-state index contributed by atoms with van der Waals surface area (Å²) < 4.78 is 15.1. The molecule has 6 heteroatoms. The van der Waals surface area contributed by atoms with Crippen molar-refractivity contribution >= 4 is 11.9 Å². The number of hydrogen-bond acceptors (Lipinski definition) is 6. The van der Waals surface area contributed by atoms with E-state index in [1.54, 1.807) is 13.8 Å². The van der Waals surface area contributed by atoms with Gasteiger partial charge in [0.15, 0.2) is 0 Å². The van der Waals surface area contributed by atoms with E-state index in [0.717, 1.165) is 6.08 Å². The van der Waals surface area contributed by atoms with Crippen molar-refractivity contribution in [2.45, 2.75) is 46.1 Å². The van der Waals surface area contributed by atoms with E-state index in [9.17, 15) is 14.7 Å². The van der Waals surface area contributed by atoms with Crippen LogP contribution in [0.25, 0.3) is 0 Å². The molecule has 0 radical (unpaired) electrons. The van der Waals surface area contributed by atoms with Crippen molar-refractivity contribution in [3.63, 3.8) is 0 Å². The lowest BCUT2D eigenvalue weighted by atomic mass is 9.91. The Hall–Kier alpha value is -1.40. The molecular formula is C16H28O6. The molecule has 0 rings (SSSR count). The van der Waals surface area contributed by atoms with Crippen LogP contribution in [-0.4, -0.2) is 49.6 Å². The van der Waals surface area contributed by atoms with Gasteiger partial charge in [0.05, 0.1) is 18.6 Å². The summed E-state index contributed by atoms with van der Waals surface area (Å²) in [4.78, 5) is 22.5. The maximum Gasteiger partial charge on any atom is 0.330 e. The molecule has 0 aromatic carbocycles. The highest BCUT2D eigenvalue weighted by molar-refractivity contribution is 5.81. The Bertz CT molecular complexity index is 351. The maximum atomic E-state index is 11.7. The van der Waals surface area contributed by atoms with Crippen molar-refractivity contribution in [1.29, 1.82) is 0 Å². The number of carbonyl (C=O) groups excluding carboxylic acids is 2. The molecule has 1 unspecified atom stereocenters. The maximum absolute atomic E-state index is 11.7. The molecule has 6 nitrogen and oxygen atoms in total. The minimum atomic E-state index is -0.838. The van der Waals surface area contributed by atoms with Crippen LogP contribution < -0.4 is 0 Å². The zero-order valence-electron chi connectivity index (χ0n) is 13.8. The summed E-state index contributed by atoms with van der Waals surface area (Å²) >= 11 is 0. The van der Waals surface area contributed by atoms with Crippen LogP contribution >= 0.6 is 0 Å². The predicted molar refractivity (Wildman–Crippen MR) is 82.2 cm³/mol. The van der Waals surface area contributed by atoms with Gasteiger partial charge in [-0.1, -0.05) is 13.5 Å². The summed E-state index contributed by atoms with van der Waals surface area (Å²) in [5.41, 5.74) is -0.538. The Labute approximate surface area is 132 Å². The Morgan fingerprint density at radius 3 is 2.41 bits per heavy atom. The lowest BCUT2D eigenvalue weighted by Gasteiger charge is -2.21. The van der Waals surface area contributed by atoms with Gasteiger partial charge in [-0.3, -0.25) is 4.79 Å². The molecular weight excluding hydrogens is 288 g/mol. The summed E-state index contributed by atoms with van der Waals surface area (Å²) in [6.07, 6.45) is 2.34. The molecule has 0 spiro atoms. The van der Waals surface area contributed by atoms with Crippen LogP contribution in [0, 0.1) is 5.41 Å². The minimum Gasteiger partial charge on any atom is -0.463 e. The van der Waals surface area contributed by atoms with Gasteiger partial charge in [0.1, 0.15) is 12.7 Å². The lowest BCUT2D eigenvalue weighted by molar-refractivity contribution is -0.158. The van der Waals surface area contributed by atoms with Crippen LogP contribution in [-0.2, 0) is 23.8 Å². The number of aliphatic hydroxyl groups is 1. The molecule has 0 aromatic rings. The first-order chi connectivity index (χ1) is 10.3. The highest BCUT2D eigenvalue weighted by atomic mass is 16.6. The molecule has 0 aliphatic heterocycles. The van der Waals surface area contributed by atoms with Gasteiger partial charge in [-0.2, -0.15) is 0 Å². The first-order valence-electron chi connectivity index (χ1n) is 7.55. The molecule has 0 fully saturated rings. The van der Waals surface area contributed by atoms with E-state index >= 15 is 0 Å². The highest BCUT2D eigenvalue weighted by Gasteiger charge is 2.27. The van der Waals surface area contributed by atoms with E-state index in [0.29, 0.717) is 32.5 Å². The highest BCUT2D eigenvalue weighted by Crippen LogP contribution is 2.21. The van der Waals surface area contributed by atoms with Crippen LogP contribution in [0.3, 0.4) is 0 Å². The van der Waals surface area contributed by atoms with Crippen LogP contribution in [0.5, 0.6) is 0 Å². The number of ether oxygens (including phenoxy) is 3. The van der Waals surface area contributed by atoms with E-state index in [4.69, 9.17) is 14.2 Å². The zero-order valence-corrected chi connectivity index (χ0v) is 13.8. The predicted octanol–water partition coefficient (Wildman–Crippen LogP) is 1.85. The van der Waals surface area contributed by atoms with Crippen LogP contribution in [0.15, 0.2) is 12.7 Å². The first-order valence-corrected chi connectivity index (χ1v) is 7.55. The first kappa shape index (κ1) is 20.6. The fraction of sp³-hybridized carbons (Fsp3) is 0.750. The standard InChI is InChI=1S/C16H28O6/c1-5-14(18)21-10-8-7-9-20-11-13(17)12-22-15(19)16(3,4)6-2/h5,13,17H,1,6-12H2,2-4H3. The number of rotatable bonds is 12. The van der Waals surface area contributed by atoms with Crippen LogP contribution in [0.4, 0.5) is 0 Å². The quantitative estimate of drug-likeness (QED) is 0.336. The van der Waals surface area contributed by atoms with Gasteiger partial charge >= 0.3 is 11.9 Å². The smallest absolute Gasteiger partial charge is 0.330 e. The van der Waals surface area contributed by atoms with Crippen molar-refractivity contribution in [2.24, 2.45) is 5.41 Å². The topological polar surface area (TPSA) is 82.1 Å². The molecule has 0 bridgehead atoms. The molecule has 1 N–H and O–H groups in total. The number of esters is 2. The molecule has 128 valence electrons. The van der Waals surface area contributed by atoms with E-state index in [1.807, 2.05) is 6.92 Å². The SMILES string of the molecule is C=CC(=O)OCCCCOCC(O)COC(=O)C(C)(C)CC. The average molecular weight is 316 g/mol. The van der Waals surface area contributed by atoms with Crippen molar-refractivity contribution < 1.29 is 28.9 Å². The second kappa shape index (κ2) is 11.2. The van der Waals surface area contributed by atoms with Gasteiger partial charge in [-0.25, -0.2) is 4.79 Å². The van der Waals surface area contributed by atoms with E-state index in [1.165, 1.54) is 0 Å². The van der Waals surface area contributed by atoms with Crippen molar-refractivity contribution in [2.75, 3.05) is 26.4 Å². The number of unbranched alkanes of at least 4 members (excludes halogenated alkanes) is 1. The van der Waals surface area contributed by atoms with Gasteiger partial charge in [0.25, 0.3) is 0 Å². The molecule has 0 saturated heterocycles. The summed E-state index contributed by atoms with van der Waals surface area (Å²) in [7, 11) is 0. The molecule has 0 amide bonds. The van der Waals surface area contributed by atoms with Gasteiger partial charge in [0.2, 0.25) is 0 Å². The Morgan fingerprint density at radius 2 is 1.82 bits per heavy atom. The van der Waals surface area contributed by atoms with Gasteiger partial charge in [-0.15, -0.1) is 0 Å². The van der Waals surface area contributed by atoms with Crippen molar-refractivity contribution in [3.8, 4) is 0 Å². The zero-order chi connectivity index (χ0) is 17.0. The second-order valence-electron chi connectivity index (χ2n) is 5.64.